The quantitative estimate of drug-likeness (QED) is 0.858. The van der Waals surface area contributed by atoms with Gasteiger partial charge in [0.1, 0.15) is 11.5 Å². The molecule has 1 heterocycles. The van der Waals surface area contributed by atoms with Crippen LogP contribution in [0.2, 0.25) is 0 Å². The normalized spacial score (nSPS) is 16.3. The molecule has 0 aliphatic carbocycles. The van der Waals surface area contributed by atoms with Gasteiger partial charge in [-0.15, -0.1) is 13.2 Å². The van der Waals surface area contributed by atoms with E-state index in [1.807, 2.05) is 0 Å². The van der Waals surface area contributed by atoms with E-state index in [1.54, 1.807) is 31.4 Å². The van der Waals surface area contributed by atoms with Gasteiger partial charge in [0.25, 0.3) is 5.91 Å². The van der Waals surface area contributed by atoms with E-state index in [9.17, 15) is 18.0 Å². The van der Waals surface area contributed by atoms with E-state index in [-0.39, 0.29) is 12.2 Å². The van der Waals surface area contributed by atoms with E-state index in [4.69, 9.17) is 9.57 Å². The van der Waals surface area contributed by atoms with E-state index >= 15 is 0 Å². The molecule has 1 atom stereocenters. The minimum atomic E-state index is -4.77. The standard InChI is InChI=1S/C18H15F3N2O4/c1-25-13-6-2-11(3-7-13)15-10-16(27-23-15)17(24)22-12-4-8-14(9-5-12)26-18(19,20)21/h2-9,16H,10H2,1H3,(H,22,24)/t16-/m1/s1. The second-order valence-electron chi connectivity index (χ2n) is 5.63. The maximum absolute atomic E-state index is 12.3. The number of halogens is 3. The summed E-state index contributed by atoms with van der Waals surface area (Å²) in [6.07, 6.45) is -5.32. The number of nitrogens with one attached hydrogen (secondary N) is 1. The maximum Gasteiger partial charge on any atom is 0.573 e. The van der Waals surface area contributed by atoms with Crippen molar-refractivity contribution in [2.75, 3.05) is 12.4 Å². The third-order valence-corrected chi connectivity index (χ3v) is 3.74. The number of carbonyl (C=O) groups excluding carboxylic acids is 1. The summed E-state index contributed by atoms with van der Waals surface area (Å²) in [7, 11) is 1.56. The zero-order valence-electron chi connectivity index (χ0n) is 14.1. The molecule has 0 bridgehead atoms. The fourth-order valence-corrected chi connectivity index (χ4v) is 2.43. The first-order valence-corrected chi connectivity index (χ1v) is 7.88. The summed E-state index contributed by atoms with van der Waals surface area (Å²) in [6.45, 7) is 0. The molecule has 1 amide bonds. The molecule has 3 rings (SSSR count). The molecule has 142 valence electrons. The summed E-state index contributed by atoms with van der Waals surface area (Å²) in [4.78, 5) is 17.4. The summed E-state index contributed by atoms with van der Waals surface area (Å²) in [6, 6.07) is 12.0. The van der Waals surface area contributed by atoms with E-state index in [0.29, 0.717) is 17.1 Å². The summed E-state index contributed by atoms with van der Waals surface area (Å²) >= 11 is 0. The average molecular weight is 380 g/mol. The Hall–Kier alpha value is -3.23. The van der Waals surface area contributed by atoms with Crippen molar-refractivity contribution in [3.8, 4) is 11.5 Å². The number of oxime groups is 1. The monoisotopic (exact) mass is 380 g/mol. The molecule has 1 aliphatic rings. The van der Waals surface area contributed by atoms with Gasteiger partial charge in [-0.2, -0.15) is 0 Å². The average Bonchev–Trinajstić information content (AvgIpc) is 3.12. The highest BCUT2D eigenvalue weighted by atomic mass is 19.4. The fraction of sp³-hybridized carbons (Fsp3) is 0.222. The number of amides is 1. The van der Waals surface area contributed by atoms with Crippen molar-refractivity contribution in [1.82, 2.24) is 0 Å². The van der Waals surface area contributed by atoms with Crippen LogP contribution in [0.4, 0.5) is 18.9 Å². The number of rotatable bonds is 5. The lowest BCUT2D eigenvalue weighted by molar-refractivity contribution is -0.274. The number of methoxy groups -OCH3 is 1. The van der Waals surface area contributed by atoms with E-state index in [1.165, 1.54) is 12.1 Å². The van der Waals surface area contributed by atoms with Gasteiger partial charge in [0, 0.05) is 12.1 Å². The van der Waals surface area contributed by atoms with Crippen molar-refractivity contribution in [2.24, 2.45) is 5.16 Å². The zero-order chi connectivity index (χ0) is 19.4. The van der Waals surface area contributed by atoms with Crippen LogP contribution in [-0.2, 0) is 9.63 Å². The molecule has 0 spiro atoms. The molecular weight excluding hydrogens is 365 g/mol. The highest BCUT2D eigenvalue weighted by Crippen LogP contribution is 2.25. The van der Waals surface area contributed by atoms with E-state index in [0.717, 1.165) is 17.7 Å². The van der Waals surface area contributed by atoms with Gasteiger partial charge in [0.15, 0.2) is 0 Å². The van der Waals surface area contributed by atoms with Gasteiger partial charge in [-0.25, -0.2) is 0 Å². The Morgan fingerprint density at radius 2 is 1.74 bits per heavy atom. The number of ether oxygens (including phenoxy) is 2. The Bertz CT molecular complexity index is 833. The molecule has 2 aromatic carbocycles. The molecule has 27 heavy (non-hydrogen) atoms. The minimum Gasteiger partial charge on any atom is -0.497 e. The predicted octanol–water partition coefficient (Wildman–Crippen LogP) is 3.73. The Kier molecular flexibility index (Phi) is 5.20. The zero-order valence-corrected chi connectivity index (χ0v) is 14.1. The largest absolute Gasteiger partial charge is 0.573 e. The first-order valence-electron chi connectivity index (χ1n) is 7.88. The van der Waals surface area contributed by atoms with Gasteiger partial charge in [-0.05, 0) is 54.1 Å². The lowest BCUT2D eigenvalue weighted by Gasteiger charge is -2.11. The van der Waals surface area contributed by atoms with Crippen molar-refractivity contribution >= 4 is 17.3 Å². The minimum absolute atomic E-state index is 0.271. The number of carbonyl (C=O) groups is 1. The molecule has 2 aromatic rings. The highest BCUT2D eigenvalue weighted by Gasteiger charge is 2.31. The molecule has 0 aromatic heterocycles. The first kappa shape index (κ1) is 18.6. The third-order valence-electron chi connectivity index (χ3n) is 3.74. The van der Waals surface area contributed by atoms with Gasteiger partial charge >= 0.3 is 6.36 Å². The van der Waals surface area contributed by atoms with E-state index in [2.05, 4.69) is 15.2 Å². The predicted molar refractivity (Wildman–Crippen MR) is 90.8 cm³/mol. The molecule has 0 saturated carbocycles. The highest BCUT2D eigenvalue weighted by molar-refractivity contribution is 6.06. The van der Waals surface area contributed by atoms with E-state index < -0.39 is 18.4 Å². The summed E-state index contributed by atoms with van der Waals surface area (Å²) in [5.74, 6) is -0.125. The number of hydrogen-bond donors (Lipinski definition) is 1. The van der Waals surface area contributed by atoms with Crippen LogP contribution in [0.15, 0.2) is 53.7 Å². The SMILES string of the molecule is COc1ccc(C2=NO[C@@H](C(=O)Nc3ccc(OC(F)(F)F)cc3)C2)cc1. The van der Waals surface area contributed by atoms with Crippen LogP contribution in [0.25, 0.3) is 0 Å². The fourth-order valence-electron chi connectivity index (χ4n) is 2.43. The van der Waals surface area contributed by atoms with Crippen LogP contribution in [-0.4, -0.2) is 31.2 Å². The van der Waals surface area contributed by atoms with Gasteiger partial charge in [0.2, 0.25) is 6.10 Å². The summed E-state index contributed by atoms with van der Waals surface area (Å²) in [5, 5.41) is 6.50. The van der Waals surface area contributed by atoms with Crippen molar-refractivity contribution in [2.45, 2.75) is 18.9 Å². The summed E-state index contributed by atoms with van der Waals surface area (Å²) < 4.78 is 45.3. The second kappa shape index (κ2) is 7.56. The van der Waals surface area contributed by atoms with Gasteiger partial charge in [0.05, 0.1) is 12.8 Å². The van der Waals surface area contributed by atoms with Crippen molar-refractivity contribution in [1.29, 1.82) is 0 Å². The number of nitrogens with zero attached hydrogens (tertiary/aromatic N) is 1. The van der Waals surface area contributed by atoms with Crippen molar-refractivity contribution < 1.29 is 32.3 Å². The molecule has 0 unspecified atom stereocenters. The third kappa shape index (κ3) is 4.90. The molecule has 0 fully saturated rings. The van der Waals surface area contributed by atoms with Crippen LogP contribution in [0.3, 0.4) is 0 Å². The van der Waals surface area contributed by atoms with Crippen LogP contribution in [0, 0.1) is 0 Å². The Balaban J connectivity index is 1.56. The van der Waals surface area contributed by atoms with Gasteiger partial charge in [-0.3, -0.25) is 4.79 Å². The molecule has 9 heteroatoms. The number of alkyl halides is 3. The summed E-state index contributed by atoms with van der Waals surface area (Å²) in [5.41, 5.74) is 1.74. The number of anilines is 1. The Morgan fingerprint density at radius 3 is 2.33 bits per heavy atom. The molecule has 1 N–H and O–H groups in total. The van der Waals surface area contributed by atoms with Gasteiger partial charge < -0.3 is 19.6 Å². The lowest BCUT2D eigenvalue weighted by Crippen LogP contribution is -2.28. The molecule has 6 nitrogen and oxygen atoms in total. The van der Waals surface area contributed by atoms with Crippen molar-refractivity contribution in [3.05, 3.63) is 54.1 Å². The topological polar surface area (TPSA) is 69.2 Å². The Labute approximate surface area is 152 Å². The number of benzene rings is 2. The van der Waals surface area contributed by atoms with Crippen LogP contribution in [0.5, 0.6) is 11.5 Å². The maximum atomic E-state index is 12.3. The molecular formula is C18H15F3N2O4. The van der Waals surface area contributed by atoms with Crippen LogP contribution < -0.4 is 14.8 Å². The van der Waals surface area contributed by atoms with Crippen LogP contribution >= 0.6 is 0 Å². The second-order valence-corrected chi connectivity index (χ2v) is 5.63. The number of hydrogen-bond acceptors (Lipinski definition) is 5. The Morgan fingerprint density at radius 1 is 1.11 bits per heavy atom. The first-order chi connectivity index (χ1) is 12.8. The molecule has 1 aliphatic heterocycles. The smallest absolute Gasteiger partial charge is 0.497 e. The molecule has 0 radical (unpaired) electrons. The molecule has 0 saturated heterocycles. The van der Waals surface area contributed by atoms with Crippen LogP contribution in [0.1, 0.15) is 12.0 Å². The lowest BCUT2D eigenvalue weighted by atomic mass is 10.0. The van der Waals surface area contributed by atoms with Crippen molar-refractivity contribution in [3.63, 3.8) is 0 Å². The van der Waals surface area contributed by atoms with Gasteiger partial charge in [-0.1, -0.05) is 5.16 Å².